The molecule has 12 rings (SSSR count). The monoisotopic (exact) mass is 1960 g/mol. The number of nitrogens with zero attached hydrogens (tertiary/aromatic N) is 13. The van der Waals surface area contributed by atoms with Gasteiger partial charge in [0.15, 0.2) is 40.4 Å². The summed E-state index contributed by atoms with van der Waals surface area (Å²) in [5.74, 6) is -5.73. The van der Waals surface area contributed by atoms with Crippen molar-refractivity contribution in [2.24, 2.45) is 41.1 Å². The Labute approximate surface area is 783 Å². The lowest BCUT2D eigenvalue weighted by Gasteiger charge is -2.19. The van der Waals surface area contributed by atoms with Crippen LogP contribution in [0.2, 0.25) is 20.1 Å². The van der Waals surface area contributed by atoms with Gasteiger partial charge in [-0.2, -0.15) is 24.9 Å². The van der Waals surface area contributed by atoms with Crippen molar-refractivity contribution in [1.82, 2.24) is 29.3 Å². The summed E-state index contributed by atoms with van der Waals surface area (Å²) in [6.07, 6.45) is 0.250. The number of carbonyl (C=O) groups excluding carboxylic acids is 7. The van der Waals surface area contributed by atoms with Crippen LogP contribution in [-0.4, -0.2) is 178 Å². The number of halogens is 5. The van der Waals surface area contributed by atoms with Crippen molar-refractivity contribution in [3.05, 3.63) is 296 Å². The third kappa shape index (κ3) is 25.2. The number of aliphatic imine (C=N–C) groups is 4. The Bertz CT molecular complexity index is 6730. The third-order valence-corrected chi connectivity index (χ3v) is 23.0. The van der Waals surface area contributed by atoms with Crippen LogP contribution in [0, 0.1) is 44.2 Å². The molecule has 41 heteroatoms. The van der Waals surface area contributed by atoms with Crippen molar-refractivity contribution in [2.45, 2.75) is 67.7 Å². The number of carboxylic acid groups (broad SMARTS) is 2. The maximum absolute atomic E-state index is 12.6. The van der Waals surface area contributed by atoms with Gasteiger partial charge in [-0.15, -0.1) is 11.3 Å². The Morgan fingerprint density at radius 1 is 0.447 bits per heavy atom. The van der Waals surface area contributed by atoms with Gasteiger partial charge in [0.2, 0.25) is 0 Å². The average Bonchev–Trinajstić information content (AvgIpc) is 1.62. The largest absolute Gasteiger partial charge is 0.506 e. The summed E-state index contributed by atoms with van der Waals surface area (Å²) in [7, 11) is 6.02. The number of ketones is 4. The average molecular weight is 1960 g/mol. The molecule has 0 spiro atoms. The predicted molar refractivity (Wildman–Crippen MR) is 500 cm³/mol. The van der Waals surface area contributed by atoms with Crippen LogP contribution in [0.4, 0.5) is 17.1 Å². The number of carboxylic acids is 2. The molecule has 132 heavy (non-hydrogen) atoms. The van der Waals surface area contributed by atoms with Gasteiger partial charge in [-0.3, -0.25) is 83.5 Å². The van der Waals surface area contributed by atoms with Crippen molar-refractivity contribution in [3.8, 4) is 67.2 Å². The summed E-state index contributed by atoms with van der Waals surface area (Å²) in [5.41, 5.74) is 7.56. The molecule has 0 unspecified atom stereocenters. The molecule has 0 saturated heterocycles. The fourth-order valence-electron chi connectivity index (χ4n) is 12.6. The van der Waals surface area contributed by atoms with Gasteiger partial charge in [0.05, 0.1) is 73.3 Å². The van der Waals surface area contributed by atoms with Crippen LogP contribution in [0.3, 0.4) is 0 Å². The van der Waals surface area contributed by atoms with E-state index in [1.807, 2.05) is 81.4 Å². The van der Waals surface area contributed by atoms with Crippen LogP contribution in [0.1, 0.15) is 160 Å². The molecule has 0 aliphatic rings. The van der Waals surface area contributed by atoms with E-state index in [1.165, 1.54) is 49.1 Å². The SMILES string of the molecule is CC(=NCC(=O)c1ccc(C(=O)O)c([N+](=O)[O-])c1)c1nn(C)c(-c2ccc(C)cc2)c1O.CC(=NCC(=O)c1ccc(C(=O)O)c([N+](=O)[O-])c1)c1nn(C)c(-c2ccc(Cl)c(Cl)c2)c1O.CC(=NCC(=O)c1ccc(C)cc1)c1c(Br)sc(-c2ccc(C(C)(C)C)cc2)c1O.COC(=O)c1ccc(C(=O)CN=C(C)c2nn(C)c(-c3ccc(Cl)c(Cl)c3)c2O)cc1[N+](=O)[O-].O=C=O. The Balaban J connectivity index is 0.000000215. The van der Waals surface area contributed by atoms with Crippen molar-refractivity contribution >= 4 is 161 Å². The van der Waals surface area contributed by atoms with Crippen molar-refractivity contribution in [3.63, 3.8) is 0 Å². The minimum atomic E-state index is -1.47. The summed E-state index contributed by atoms with van der Waals surface area (Å²) in [4.78, 5) is 149. The van der Waals surface area contributed by atoms with Gasteiger partial charge < -0.3 is 35.4 Å². The molecule has 6 N–H and O–H groups in total. The van der Waals surface area contributed by atoms with Crippen LogP contribution >= 0.6 is 73.7 Å². The quantitative estimate of drug-likeness (QED) is 0.00964. The topological polar surface area (TPSA) is 517 Å². The van der Waals surface area contributed by atoms with E-state index in [2.05, 4.69) is 88.8 Å². The predicted octanol–water partition coefficient (Wildman–Crippen LogP) is 18.9. The van der Waals surface area contributed by atoms with Gasteiger partial charge >= 0.3 is 24.1 Å². The number of carbonyl (C=O) groups is 7. The number of nitro benzene ring substituents is 3. The normalized spacial score (nSPS) is 11.4. The van der Waals surface area contributed by atoms with Crippen molar-refractivity contribution in [1.29, 1.82) is 0 Å². The van der Waals surface area contributed by atoms with E-state index in [0.717, 1.165) is 74.4 Å². The highest BCUT2D eigenvalue weighted by Gasteiger charge is 2.30. The lowest BCUT2D eigenvalue weighted by Crippen LogP contribution is -2.10. The van der Waals surface area contributed by atoms with E-state index in [1.54, 1.807) is 78.3 Å². The highest BCUT2D eigenvalue weighted by atomic mass is 79.9. The second kappa shape index (κ2) is 45.0. The zero-order valence-corrected chi connectivity index (χ0v) is 77.7. The zero-order valence-electron chi connectivity index (χ0n) is 72.2. The van der Waals surface area contributed by atoms with Gasteiger partial charge in [0.25, 0.3) is 17.1 Å². The summed E-state index contributed by atoms with van der Waals surface area (Å²) in [6.45, 7) is 15.9. The number of thiophene rings is 1. The summed E-state index contributed by atoms with van der Waals surface area (Å²) in [6, 6.07) is 42.6. The summed E-state index contributed by atoms with van der Waals surface area (Å²) < 4.78 is 9.72. The Morgan fingerprint density at radius 2 is 0.750 bits per heavy atom. The number of nitro groups is 3. The van der Waals surface area contributed by atoms with E-state index in [9.17, 15) is 84.3 Å². The first kappa shape index (κ1) is 103. The number of benzene rings is 8. The Kier molecular flexibility index (Phi) is 35.0. The van der Waals surface area contributed by atoms with E-state index < -0.39 is 84.8 Å². The molecule has 4 heterocycles. The molecule has 0 fully saturated rings. The number of esters is 1. The van der Waals surface area contributed by atoms with E-state index >= 15 is 0 Å². The lowest BCUT2D eigenvalue weighted by atomic mass is 9.86. The molecule has 0 aliphatic heterocycles. The molecular formula is C91H80BrCl4N13O22S. The van der Waals surface area contributed by atoms with Crippen LogP contribution in [0.5, 0.6) is 23.0 Å². The second-order valence-corrected chi connectivity index (χ2v) is 33.7. The van der Waals surface area contributed by atoms with Crippen molar-refractivity contribution < 1.29 is 93.3 Å². The molecule has 0 saturated carbocycles. The number of aromatic carboxylic acids is 2. The molecule has 0 bridgehead atoms. The number of rotatable bonds is 26. The zero-order chi connectivity index (χ0) is 97.9. The highest BCUT2D eigenvalue weighted by Crippen LogP contribution is 2.46. The molecule has 8 aromatic carbocycles. The number of aromatic nitrogens is 6. The minimum absolute atomic E-state index is 0.00218. The van der Waals surface area contributed by atoms with Crippen molar-refractivity contribution in [2.75, 3.05) is 33.3 Å². The van der Waals surface area contributed by atoms with Gasteiger partial charge in [0, 0.05) is 84.0 Å². The lowest BCUT2D eigenvalue weighted by molar-refractivity contribution is -0.385. The molecule has 12 aromatic rings. The fraction of sp³-hybridized carbons (Fsp3) is 0.198. The maximum Gasteiger partial charge on any atom is 0.373 e. The van der Waals surface area contributed by atoms with Gasteiger partial charge in [-0.05, 0) is 135 Å². The molecule has 0 atom stereocenters. The first-order chi connectivity index (χ1) is 62.1. The van der Waals surface area contributed by atoms with Gasteiger partial charge in [0.1, 0.15) is 82.8 Å². The fourth-order valence-corrected chi connectivity index (χ4v) is 15.2. The van der Waals surface area contributed by atoms with Gasteiger partial charge in [-0.1, -0.05) is 163 Å². The number of hydrogen-bond donors (Lipinski definition) is 6. The second-order valence-electron chi connectivity index (χ2n) is 29.7. The summed E-state index contributed by atoms with van der Waals surface area (Å²) >= 11 is 29.1. The number of ether oxygens (including phenoxy) is 1. The van der Waals surface area contributed by atoms with E-state index in [0.29, 0.717) is 70.8 Å². The van der Waals surface area contributed by atoms with Crippen LogP contribution in [0.25, 0.3) is 44.2 Å². The number of aromatic hydroxyl groups is 4. The molecule has 682 valence electrons. The number of aryl methyl sites for hydroxylation is 5. The van der Waals surface area contributed by atoms with Gasteiger partial charge in [-0.25, -0.2) is 14.4 Å². The Morgan fingerprint density at radius 3 is 1.08 bits per heavy atom. The maximum atomic E-state index is 12.6. The molecule has 4 aromatic heterocycles. The Hall–Kier alpha value is -14.7. The third-order valence-electron chi connectivity index (χ3n) is 19.6. The first-order valence-electron chi connectivity index (χ1n) is 38.7. The molecule has 0 amide bonds. The standard InChI is InChI=1S/C25H26BrNO2S.C22H18Cl2N4O6.C22H20N4O6.C21H16Cl2N4O6.CO2/c1-15-6-8-17(9-7-15)20(28)14-27-16(2)21-22(29)23(30-24(21)26)18-10-12-19(13-11-18)25(3,4)5;1-11(19-21(30)20(27(2)26-19)13-5-7-15(23)16(24)8-13)25-10-18(29)12-4-6-14(22(31)34-3)17(9-12)28(32)33;1-12-4-6-14(7-5-12)20-21(28)19(24-25(20)3)13(2)23-11-18(27)15-8-9-16(22(29)30)17(10-15)26(31)32;1-10(18-20(29)19(26(2)25-18)12-4-6-14(22)15(23)7-12)24-9-17(28)11-3-5-13(21(30)31)16(8-11)27(32)33;2-1-3/h6-13,29H,14H2,1-5H3;4-9,30H,10H2,1-3H3;4-10,28H,11H2,1-3H3,(H,29,30);3-8,29H,9H2,1-2H3,(H,30,31);. The first-order valence-corrected chi connectivity index (χ1v) is 41.8. The number of hydrogen-bond acceptors (Lipinski definition) is 28. The number of Topliss-reactive ketones (excluding diaryl/α,β-unsaturated/α-hetero) is 4. The van der Waals surface area contributed by atoms with Crippen LogP contribution < -0.4 is 0 Å². The van der Waals surface area contributed by atoms with Crippen LogP contribution in [0.15, 0.2) is 188 Å². The molecule has 0 radical (unpaired) electrons. The van der Waals surface area contributed by atoms with E-state index in [4.69, 9.17) is 66.2 Å². The molecule has 35 nitrogen and oxygen atoms in total. The minimum Gasteiger partial charge on any atom is -0.506 e. The smallest absolute Gasteiger partial charge is 0.373 e. The van der Waals surface area contributed by atoms with E-state index in [-0.39, 0.29) is 111 Å². The highest BCUT2D eigenvalue weighted by molar-refractivity contribution is 9.11. The van der Waals surface area contributed by atoms with Crippen LogP contribution in [-0.2, 0) is 40.9 Å². The summed E-state index contributed by atoms with van der Waals surface area (Å²) in [5, 5.41) is 109. The number of methoxy groups -OCH3 is 1. The molecular weight excluding hydrogens is 1880 g/mol. The molecule has 0 aliphatic carbocycles.